The van der Waals surface area contributed by atoms with Gasteiger partial charge in [0.05, 0.1) is 6.61 Å². The molecule has 1 aliphatic rings. The highest BCUT2D eigenvalue weighted by atomic mass is 31.2. The summed E-state index contributed by atoms with van der Waals surface area (Å²) in [6, 6.07) is 1.26. The number of nitrogens with one attached hydrogen (secondary N) is 1. The fraction of sp³-hybridized carbons (Fsp3) is 0.600. The molecular weight excluding hydrogens is 275 g/mol. The molecule has 0 bridgehead atoms. The first-order valence-electron chi connectivity index (χ1n) is 5.72. The number of hydrogen-bond donors (Lipinski definition) is 3. The summed E-state index contributed by atoms with van der Waals surface area (Å²) in [5.74, 6) is 0. The summed E-state index contributed by atoms with van der Waals surface area (Å²) < 4.78 is 17.0. The van der Waals surface area contributed by atoms with E-state index < -0.39 is 25.2 Å². The van der Waals surface area contributed by atoms with Gasteiger partial charge in [-0.2, -0.15) is 0 Å². The Bertz CT molecular complexity index is 611. The summed E-state index contributed by atoms with van der Waals surface area (Å²) in [7, 11) is -4.16. The third kappa shape index (κ3) is 4.14. The van der Waals surface area contributed by atoms with Crippen molar-refractivity contribution in [3.05, 3.63) is 33.1 Å². The lowest BCUT2D eigenvalue weighted by atomic mass is 10.1. The zero-order valence-corrected chi connectivity index (χ0v) is 11.0. The van der Waals surface area contributed by atoms with Crippen LogP contribution in [0.4, 0.5) is 0 Å². The standard InChI is InChI=1S/C10H15N2O6P/c13-8-1-4-12(9(14)11-8)5-10(2-3-10)6-18-7-19(15,16)17/h1,4H,2-3,5-7H2,(H,11,13,14)(H2,15,16,17). The van der Waals surface area contributed by atoms with E-state index in [9.17, 15) is 14.2 Å². The minimum absolute atomic E-state index is 0.184. The van der Waals surface area contributed by atoms with Gasteiger partial charge in [0, 0.05) is 24.2 Å². The molecule has 9 heteroatoms. The highest BCUT2D eigenvalue weighted by molar-refractivity contribution is 7.51. The lowest BCUT2D eigenvalue weighted by Crippen LogP contribution is -2.32. The first-order valence-corrected chi connectivity index (χ1v) is 7.52. The van der Waals surface area contributed by atoms with Gasteiger partial charge in [0.15, 0.2) is 0 Å². The van der Waals surface area contributed by atoms with Gasteiger partial charge >= 0.3 is 13.3 Å². The zero-order chi connectivity index (χ0) is 14.1. The Balaban J connectivity index is 1.96. The summed E-state index contributed by atoms with van der Waals surface area (Å²) >= 11 is 0. The van der Waals surface area contributed by atoms with Crippen LogP contribution >= 0.6 is 7.60 Å². The monoisotopic (exact) mass is 290 g/mol. The lowest BCUT2D eigenvalue weighted by molar-refractivity contribution is 0.103. The van der Waals surface area contributed by atoms with E-state index >= 15 is 0 Å². The topological polar surface area (TPSA) is 122 Å². The Morgan fingerprint density at radius 2 is 2.11 bits per heavy atom. The van der Waals surface area contributed by atoms with Gasteiger partial charge in [-0.15, -0.1) is 0 Å². The van der Waals surface area contributed by atoms with E-state index in [-0.39, 0.29) is 12.0 Å². The van der Waals surface area contributed by atoms with Crippen molar-refractivity contribution in [1.82, 2.24) is 9.55 Å². The molecule has 106 valence electrons. The van der Waals surface area contributed by atoms with Crippen LogP contribution in [0, 0.1) is 5.41 Å². The summed E-state index contributed by atoms with van der Waals surface area (Å²) in [6.07, 6.45) is 2.43. The van der Waals surface area contributed by atoms with Crippen molar-refractivity contribution in [2.75, 3.05) is 13.0 Å². The minimum atomic E-state index is -4.16. The third-order valence-corrected chi connectivity index (χ3v) is 3.55. The number of rotatable bonds is 6. The summed E-state index contributed by atoms with van der Waals surface area (Å²) in [5, 5.41) is 0. The average Bonchev–Trinajstić information content (AvgIpc) is 3.01. The molecule has 1 aliphatic carbocycles. The molecule has 0 unspecified atom stereocenters. The van der Waals surface area contributed by atoms with Crippen LogP contribution in [0.25, 0.3) is 0 Å². The number of aromatic amines is 1. The van der Waals surface area contributed by atoms with Gasteiger partial charge in [-0.25, -0.2) is 4.79 Å². The molecule has 0 aliphatic heterocycles. The number of hydrogen-bond acceptors (Lipinski definition) is 4. The van der Waals surface area contributed by atoms with Gasteiger partial charge in [0.1, 0.15) is 6.35 Å². The van der Waals surface area contributed by atoms with Crippen LogP contribution in [0.3, 0.4) is 0 Å². The van der Waals surface area contributed by atoms with E-state index in [0.717, 1.165) is 12.8 Å². The molecule has 1 aromatic heterocycles. The van der Waals surface area contributed by atoms with Gasteiger partial charge in [0.25, 0.3) is 5.56 Å². The SMILES string of the molecule is O=c1ccn(CC2(COCP(=O)(O)O)CC2)c(=O)[nH]1. The van der Waals surface area contributed by atoms with Crippen molar-refractivity contribution >= 4 is 7.60 Å². The minimum Gasteiger partial charge on any atom is -0.368 e. The molecule has 0 atom stereocenters. The largest absolute Gasteiger partial charge is 0.368 e. The van der Waals surface area contributed by atoms with Crippen LogP contribution in [0.2, 0.25) is 0 Å². The van der Waals surface area contributed by atoms with Crippen LogP contribution < -0.4 is 11.2 Å². The number of nitrogens with zero attached hydrogens (tertiary/aromatic N) is 1. The molecule has 0 saturated heterocycles. The quantitative estimate of drug-likeness (QED) is 0.605. The maximum absolute atomic E-state index is 11.5. The second-order valence-electron chi connectivity index (χ2n) is 4.88. The number of ether oxygens (including phenoxy) is 1. The Kier molecular flexibility index (Phi) is 3.78. The maximum atomic E-state index is 11.5. The highest BCUT2D eigenvalue weighted by Gasteiger charge is 2.43. The van der Waals surface area contributed by atoms with Crippen LogP contribution in [0.5, 0.6) is 0 Å². The van der Waals surface area contributed by atoms with Crippen LogP contribution in [0.1, 0.15) is 12.8 Å². The molecule has 1 aromatic rings. The molecule has 0 amide bonds. The van der Waals surface area contributed by atoms with Gasteiger partial charge in [0.2, 0.25) is 0 Å². The van der Waals surface area contributed by atoms with Gasteiger partial charge < -0.3 is 14.5 Å². The Labute approximate surface area is 108 Å². The fourth-order valence-electron chi connectivity index (χ4n) is 1.84. The molecule has 1 heterocycles. The predicted molar refractivity (Wildman–Crippen MR) is 65.9 cm³/mol. The van der Waals surface area contributed by atoms with Crippen molar-refractivity contribution in [2.24, 2.45) is 5.41 Å². The van der Waals surface area contributed by atoms with Crippen LogP contribution in [-0.2, 0) is 15.8 Å². The van der Waals surface area contributed by atoms with E-state index in [1.54, 1.807) is 0 Å². The highest BCUT2D eigenvalue weighted by Crippen LogP contribution is 2.48. The molecule has 3 N–H and O–H groups in total. The molecular formula is C10H15N2O6P. The lowest BCUT2D eigenvalue weighted by Gasteiger charge is -2.16. The molecule has 0 aromatic carbocycles. The van der Waals surface area contributed by atoms with Crippen LogP contribution in [-0.4, -0.2) is 32.3 Å². The normalized spacial score (nSPS) is 17.4. The van der Waals surface area contributed by atoms with Crippen molar-refractivity contribution < 1.29 is 19.1 Å². The van der Waals surface area contributed by atoms with Crippen LogP contribution in [0.15, 0.2) is 21.9 Å². The summed E-state index contributed by atoms with van der Waals surface area (Å²) in [5.41, 5.74) is -1.21. The number of aromatic nitrogens is 2. The smallest absolute Gasteiger partial charge is 0.350 e. The second kappa shape index (κ2) is 5.05. The maximum Gasteiger partial charge on any atom is 0.350 e. The van der Waals surface area contributed by atoms with E-state index in [1.165, 1.54) is 16.8 Å². The Morgan fingerprint density at radius 3 is 2.63 bits per heavy atom. The number of H-pyrrole nitrogens is 1. The third-order valence-electron chi connectivity index (χ3n) is 3.03. The average molecular weight is 290 g/mol. The first kappa shape index (κ1) is 14.2. The molecule has 2 rings (SSSR count). The Morgan fingerprint density at radius 1 is 1.42 bits per heavy atom. The zero-order valence-electron chi connectivity index (χ0n) is 10.1. The molecule has 8 nitrogen and oxygen atoms in total. The predicted octanol–water partition coefficient (Wildman–Crippen LogP) is -0.531. The molecule has 1 fully saturated rings. The van der Waals surface area contributed by atoms with Gasteiger partial charge in [-0.1, -0.05) is 0 Å². The van der Waals surface area contributed by atoms with Crippen molar-refractivity contribution in [2.45, 2.75) is 19.4 Å². The van der Waals surface area contributed by atoms with Gasteiger partial charge in [-0.3, -0.25) is 18.9 Å². The van der Waals surface area contributed by atoms with Crippen molar-refractivity contribution in [3.63, 3.8) is 0 Å². The fourth-order valence-corrected chi connectivity index (χ4v) is 2.17. The molecule has 19 heavy (non-hydrogen) atoms. The summed E-state index contributed by atoms with van der Waals surface area (Å²) in [4.78, 5) is 42.0. The Hall–Kier alpha value is -1.21. The molecule has 0 radical (unpaired) electrons. The van der Waals surface area contributed by atoms with E-state index in [2.05, 4.69) is 4.98 Å². The van der Waals surface area contributed by atoms with E-state index in [1.807, 2.05) is 0 Å². The van der Waals surface area contributed by atoms with Crippen molar-refractivity contribution in [1.29, 1.82) is 0 Å². The summed E-state index contributed by atoms with van der Waals surface area (Å²) in [6.45, 7) is 0.549. The van der Waals surface area contributed by atoms with Gasteiger partial charge in [-0.05, 0) is 12.8 Å². The van der Waals surface area contributed by atoms with E-state index in [0.29, 0.717) is 6.54 Å². The van der Waals surface area contributed by atoms with E-state index in [4.69, 9.17) is 14.5 Å². The second-order valence-corrected chi connectivity index (χ2v) is 6.47. The first-order chi connectivity index (χ1) is 8.80. The molecule has 0 spiro atoms. The van der Waals surface area contributed by atoms with Crippen molar-refractivity contribution in [3.8, 4) is 0 Å². The molecule has 1 saturated carbocycles.